The van der Waals surface area contributed by atoms with Crippen molar-refractivity contribution in [1.29, 1.82) is 0 Å². The molecule has 30 heavy (non-hydrogen) atoms. The van der Waals surface area contributed by atoms with Gasteiger partial charge in [0.2, 0.25) is 0 Å². The Morgan fingerprint density at radius 1 is 1.03 bits per heavy atom. The third-order valence-electron chi connectivity index (χ3n) is 5.03. The van der Waals surface area contributed by atoms with E-state index in [0.717, 1.165) is 6.07 Å². The summed E-state index contributed by atoms with van der Waals surface area (Å²) in [7, 11) is 1.53. The molecule has 5 nitrogen and oxygen atoms in total. The number of nitrogens with zero attached hydrogens (tertiary/aromatic N) is 2. The molecule has 1 aliphatic heterocycles. The number of rotatable bonds is 6. The molecule has 0 radical (unpaired) electrons. The molecule has 0 aromatic heterocycles. The number of amides is 1. The minimum absolute atomic E-state index is 0.102. The Morgan fingerprint density at radius 3 is 2.40 bits per heavy atom. The van der Waals surface area contributed by atoms with Crippen molar-refractivity contribution in [2.24, 2.45) is 0 Å². The van der Waals surface area contributed by atoms with Gasteiger partial charge in [-0.3, -0.25) is 9.69 Å². The van der Waals surface area contributed by atoms with E-state index in [1.54, 1.807) is 29.2 Å². The molecular weight excluding hydrogens is 397 g/mol. The summed E-state index contributed by atoms with van der Waals surface area (Å²) < 4.78 is 49.5. The summed E-state index contributed by atoms with van der Waals surface area (Å²) in [6, 6.07) is 10.5. The topological polar surface area (TPSA) is 42.0 Å². The van der Waals surface area contributed by atoms with Gasteiger partial charge in [-0.1, -0.05) is 18.2 Å². The van der Waals surface area contributed by atoms with Crippen LogP contribution in [0, 0.1) is 0 Å². The van der Waals surface area contributed by atoms with Gasteiger partial charge in [-0.15, -0.1) is 0 Å². The van der Waals surface area contributed by atoms with E-state index in [2.05, 4.69) is 4.90 Å². The summed E-state index contributed by atoms with van der Waals surface area (Å²) in [5.74, 6) is 0.989. The van der Waals surface area contributed by atoms with Crippen molar-refractivity contribution >= 4 is 5.91 Å². The van der Waals surface area contributed by atoms with Crippen LogP contribution in [0.4, 0.5) is 13.2 Å². The summed E-state index contributed by atoms with van der Waals surface area (Å²) in [5.41, 5.74) is 0.487. The van der Waals surface area contributed by atoms with Gasteiger partial charge in [0.1, 0.15) is 0 Å². The summed E-state index contributed by atoms with van der Waals surface area (Å²) in [6.07, 6.45) is -4.35. The highest BCUT2D eigenvalue weighted by molar-refractivity contribution is 5.95. The van der Waals surface area contributed by atoms with Gasteiger partial charge in [0.05, 0.1) is 19.3 Å². The first-order valence-electron chi connectivity index (χ1n) is 9.80. The first-order chi connectivity index (χ1) is 14.3. The van der Waals surface area contributed by atoms with E-state index in [1.807, 2.05) is 6.92 Å². The van der Waals surface area contributed by atoms with Crippen LogP contribution in [-0.4, -0.2) is 55.6 Å². The Morgan fingerprint density at radius 2 is 1.77 bits per heavy atom. The molecule has 3 rings (SSSR count). The van der Waals surface area contributed by atoms with Crippen molar-refractivity contribution in [3.63, 3.8) is 0 Å². The van der Waals surface area contributed by atoms with Gasteiger partial charge in [0.15, 0.2) is 11.5 Å². The maximum atomic E-state index is 12.9. The summed E-state index contributed by atoms with van der Waals surface area (Å²) in [4.78, 5) is 16.6. The van der Waals surface area contributed by atoms with E-state index in [1.165, 1.54) is 19.2 Å². The second-order valence-electron chi connectivity index (χ2n) is 7.07. The molecule has 0 bridgehead atoms. The predicted octanol–water partition coefficient (Wildman–Crippen LogP) is 4.07. The highest BCUT2D eigenvalue weighted by Crippen LogP contribution is 2.30. The van der Waals surface area contributed by atoms with Crippen molar-refractivity contribution in [3.05, 3.63) is 59.2 Å². The molecule has 0 N–H and O–H groups in total. The minimum Gasteiger partial charge on any atom is -0.493 e. The largest absolute Gasteiger partial charge is 0.493 e. The lowest BCUT2D eigenvalue weighted by Gasteiger charge is -2.35. The van der Waals surface area contributed by atoms with E-state index >= 15 is 0 Å². The zero-order valence-electron chi connectivity index (χ0n) is 17.0. The average Bonchev–Trinajstić information content (AvgIpc) is 2.74. The maximum Gasteiger partial charge on any atom is 0.416 e. The van der Waals surface area contributed by atoms with Crippen LogP contribution in [0.3, 0.4) is 0 Å². The predicted molar refractivity (Wildman–Crippen MR) is 107 cm³/mol. The summed E-state index contributed by atoms with van der Waals surface area (Å²) in [6.45, 7) is 4.99. The van der Waals surface area contributed by atoms with E-state index in [-0.39, 0.29) is 5.91 Å². The van der Waals surface area contributed by atoms with E-state index in [9.17, 15) is 18.0 Å². The van der Waals surface area contributed by atoms with E-state index < -0.39 is 11.7 Å². The lowest BCUT2D eigenvalue weighted by atomic mass is 10.1. The third-order valence-corrected chi connectivity index (χ3v) is 5.03. The van der Waals surface area contributed by atoms with Crippen LogP contribution in [0.25, 0.3) is 0 Å². The normalized spacial score (nSPS) is 15.2. The Balaban J connectivity index is 1.60. The highest BCUT2D eigenvalue weighted by atomic mass is 19.4. The third kappa shape index (κ3) is 5.24. The molecule has 8 heteroatoms. The zero-order valence-corrected chi connectivity index (χ0v) is 17.0. The molecule has 0 saturated carbocycles. The number of ether oxygens (including phenoxy) is 2. The zero-order chi connectivity index (χ0) is 21.7. The molecule has 1 saturated heterocycles. The van der Waals surface area contributed by atoms with Crippen LogP contribution in [0.2, 0.25) is 0 Å². The van der Waals surface area contributed by atoms with Crippen molar-refractivity contribution in [3.8, 4) is 11.5 Å². The number of halogens is 3. The maximum absolute atomic E-state index is 12.9. The second-order valence-corrected chi connectivity index (χ2v) is 7.07. The molecule has 2 aromatic rings. The number of hydrogen-bond acceptors (Lipinski definition) is 4. The molecule has 1 heterocycles. The molecule has 1 fully saturated rings. The van der Waals surface area contributed by atoms with Crippen LogP contribution < -0.4 is 9.47 Å². The SMILES string of the molecule is CCOc1ccc(C(=O)N2CCN(Cc3cccc(C(F)(F)F)c3)CC2)cc1OC. The number of piperazine rings is 1. The van der Waals surface area contributed by atoms with Gasteiger partial charge < -0.3 is 14.4 Å². The molecule has 0 unspecified atom stereocenters. The molecule has 1 amide bonds. The molecule has 2 aromatic carbocycles. The van der Waals surface area contributed by atoms with Crippen molar-refractivity contribution in [2.75, 3.05) is 39.9 Å². The fourth-order valence-corrected chi connectivity index (χ4v) is 3.47. The standard InChI is InChI=1S/C22H25F3N2O3/c1-3-30-19-8-7-17(14-20(19)29-2)21(28)27-11-9-26(10-12-27)15-16-5-4-6-18(13-16)22(23,24)25/h4-8,13-14H,3,9-12,15H2,1-2H3. The van der Waals surface area contributed by atoms with Crippen molar-refractivity contribution < 1.29 is 27.4 Å². The van der Waals surface area contributed by atoms with Crippen LogP contribution >= 0.6 is 0 Å². The number of hydrogen-bond donors (Lipinski definition) is 0. The summed E-state index contributed by atoms with van der Waals surface area (Å²) >= 11 is 0. The fourth-order valence-electron chi connectivity index (χ4n) is 3.47. The molecule has 0 atom stereocenters. The Kier molecular flexibility index (Phi) is 6.87. The molecule has 0 aliphatic carbocycles. The van der Waals surface area contributed by atoms with Gasteiger partial charge in [-0.05, 0) is 36.8 Å². The quantitative estimate of drug-likeness (QED) is 0.704. The fraction of sp³-hybridized carbons (Fsp3) is 0.409. The Bertz CT molecular complexity index is 878. The van der Waals surface area contributed by atoms with Crippen LogP contribution in [0.1, 0.15) is 28.4 Å². The van der Waals surface area contributed by atoms with Crippen molar-refractivity contribution in [2.45, 2.75) is 19.6 Å². The summed E-state index contributed by atoms with van der Waals surface area (Å²) in [5, 5.41) is 0. The first-order valence-corrected chi connectivity index (χ1v) is 9.80. The van der Waals surface area contributed by atoms with Gasteiger partial charge in [-0.2, -0.15) is 13.2 Å². The first kappa shape index (κ1) is 22.0. The molecule has 1 aliphatic rings. The second kappa shape index (κ2) is 9.38. The Hall–Kier alpha value is -2.74. The lowest BCUT2D eigenvalue weighted by Crippen LogP contribution is -2.48. The molecular formula is C22H25F3N2O3. The van der Waals surface area contributed by atoms with Crippen LogP contribution in [0.5, 0.6) is 11.5 Å². The lowest BCUT2D eigenvalue weighted by molar-refractivity contribution is -0.137. The molecule has 0 spiro atoms. The van der Waals surface area contributed by atoms with Crippen LogP contribution in [0.15, 0.2) is 42.5 Å². The number of methoxy groups -OCH3 is 1. The monoisotopic (exact) mass is 422 g/mol. The Labute approximate surface area is 174 Å². The number of carbonyl (C=O) groups is 1. The van der Waals surface area contributed by atoms with Crippen molar-refractivity contribution in [1.82, 2.24) is 9.80 Å². The van der Waals surface area contributed by atoms with E-state index in [0.29, 0.717) is 62.0 Å². The average molecular weight is 422 g/mol. The number of alkyl halides is 3. The van der Waals surface area contributed by atoms with E-state index in [4.69, 9.17) is 9.47 Å². The van der Waals surface area contributed by atoms with Gasteiger partial charge >= 0.3 is 6.18 Å². The highest BCUT2D eigenvalue weighted by Gasteiger charge is 2.30. The van der Waals surface area contributed by atoms with Gasteiger partial charge in [0.25, 0.3) is 5.91 Å². The molecule has 162 valence electrons. The van der Waals surface area contributed by atoms with Crippen LogP contribution in [-0.2, 0) is 12.7 Å². The number of carbonyl (C=O) groups excluding carboxylic acids is 1. The van der Waals surface area contributed by atoms with Gasteiger partial charge in [0, 0.05) is 38.3 Å². The smallest absolute Gasteiger partial charge is 0.416 e. The minimum atomic E-state index is -4.35. The van der Waals surface area contributed by atoms with Gasteiger partial charge in [-0.25, -0.2) is 0 Å². The number of benzene rings is 2.